The van der Waals surface area contributed by atoms with Crippen molar-refractivity contribution in [3.8, 4) is 11.5 Å². The molecule has 7 heteroatoms. The van der Waals surface area contributed by atoms with Crippen LogP contribution in [-0.4, -0.2) is 29.8 Å². The van der Waals surface area contributed by atoms with E-state index in [1.165, 1.54) is 11.6 Å². The fourth-order valence-electron chi connectivity index (χ4n) is 3.14. The smallest absolute Gasteiger partial charge is 0.328 e. The maximum atomic E-state index is 11.0. The van der Waals surface area contributed by atoms with Crippen LogP contribution in [0.3, 0.4) is 0 Å². The molecule has 0 saturated carbocycles. The molecule has 172 valence electrons. The number of nitrogens with two attached hydrogens (primary N) is 1. The first-order chi connectivity index (χ1) is 16.0. The van der Waals surface area contributed by atoms with E-state index in [9.17, 15) is 4.79 Å². The molecule has 0 spiro atoms. The Morgan fingerprint density at radius 2 is 1.94 bits per heavy atom. The van der Waals surface area contributed by atoms with E-state index in [-0.39, 0.29) is 0 Å². The maximum absolute atomic E-state index is 11.0. The predicted octanol–water partition coefficient (Wildman–Crippen LogP) is 5.46. The van der Waals surface area contributed by atoms with Crippen molar-refractivity contribution in [3.63, 3.8) is 0 Å². The maximum Gasteiger partial charge on any atom is 0.328 e. The number of methoxy groups -OCH3 is 1. The fourth-order valence-corrected chi connectivity index (χ4v) is 4.01. The molecule has 3 aromatic rings. The zero-order chi connectivity index (χ0) is 23.5. The summed E-state index contributed by atoms with van der Waals surface area (Å²) in [7, 11) is 1.66. The number of aromatic nitrogens is 1. The largest absolute Gasteiger partial charge is 0.497 e. The summed E-state index contributed by atoms with van der Waals surface area (Å²) in [5, 5.41) is 9.02. The van der Waals surface area contributed by atoms with Gasteiger partial charge in [0.25, 0.3) is 0 Å². The van der Waals surface area contributed by atoms with Crippen molar-refractivity contribution in [1.29, 1.82) is 0 Å². The second kappa shape index (κ2) is 12.6. The van der Waals surface area contributed by atoms with Gasteiger partial charge in [-0.15, -0.1) is 11.8 Å². The van der Waals surface area contributed by atoms with Crippen LogP contribution in [0, 0.1) is 0 Å². The summed E-state index contributed by atoms with van der Waals surface area (Å²) < 4.78 is 11.1. The second-order valence-electron chi connectivity index (χ2n) is 7.37. The van der Waals surface area contributed by atoms with Crippen LogP contribution in [0.4, 0.5) is 5.69 Å². The van der Waals surface area contributed by atoms with Gasteiger partial charge >= 0.3 is 5.97 Å². The third-order valence-corrected chi connectivity index (χ3v) is 5.88. The zero-order valence-electron chi connectivity index (χ0n) is 18.6. The van der Waals surface area contributed by atoms with Crippen molar-refractivity contribution >= 4 is 29.5 Å². The Bertz CT molecular complexity index is 1080. The number of anilines is 1. The normalized spacial score (nSPS) is 10.9. The summed E-state index contributed by atoms with van der Waals surface area (Å²) >= 11 is 1.62. The van der Waals surface area contributed by atoms with Crippen LogP contribution in [0.5, 0.6) is 11.5 Å². The fraction of sp³-hybridized carbons (Fsp3) is 0.231. The highest BCUT2D eigenvalue weighted by atomic mass is 32.2. The number of hydrogen-bond acceptors (Lipinski definition) is 6. The van der Waals surface area contributed by atoms with Gasteiger partial charge in [0, 0.05) is 22.4 Å². The van der Waals surface area contributed by atoms with Crippen LogP contribution in [0.2, 0.25) is 0 Å². The lowest BCUT2D eigenvalue weighted by Gasteiger charge is -2.11. The molecule has 6 nitrogen and oxygen atoms in total. The van der Waals surface area contributed by atoms with Crippen LogP contribution in [0.1, 0.15) is 29.8 Å². The Labute approximate surface area is 198 Å². The van der Waals surface area contributed by atoms with Gasteiger partial charge in [0.05, 0.1) is 19.4 Å². The monoisotopic (exact) mass is 464 g/mol. The molecule has 0 amide bonds. The van der Waals surface area contributed by atoms with Gasteiger partial charge in [-0.3, -0.25) is 0 Å². The molecule has 0 radical (unpaired) electrons. The van der Waals surface area contributed by atoms with E-state index < -0.39 is 5.97 Å². The molecular weight excluding hydrogens is 436 g/mol. The highest BCUT2D eigenvalue weighted by Gasteiger charge is 2.07. The SMILES string of the molecule is COc1ccc(CCCCOc2ccc(CSc3cccc(N)c3)nc2/C=C/C(=O)O)cc1. The predicted molar refractivity (Wildman–Crippen MR) is 133 cm³/mol. The standard InChI is InChI=1S/C26H28N2O4S/c1-31-22-11-8-19(9-12-22)5-2-3-16-32-25-14-10-21(28-24(25)13-15-26(29)30)18-33-23-7-4-6-20(27)17-23/h4,6-15,17H,2-3,5,16,18,27H2,1H3,(H,29,30)/b15-13+. The molecule has 0 saturated heterocycles. The Hall–Kier alpha value is -3.45. The molecule has 3 N–H and O–H groups in total. The third kappa shape index (κ3) is 8.20. The molecule has 0 unspecified atom stereocenters. The number of nitrogens with zero attached hydrogens (tertiary/aromatic N) is 1. The molecule has 3 rings (SSSR count). The number of carboxylic acids is 1. The first-order valence-corrected chi connectivity index (χ1v) is 11.7. The number of ether oxygens (including phenoxy) is 2. The molecule has 0 aliphatic carbocycles. The van der Waals surface area contributed by atoms with E-state index in [0.717, 1.165) is 41.7 Å². The van der Waals surface area contributed by atoms with Crippen molar-refractivity contribution in [2.45, 2.75) is 29.9 Å². The van der Waals surface area contributed by atoms with Crippen molar-refractivity contribution in [2.75, 3.05) is 19.5 Å². The van der Waals surface area contributed by atoms with Gasteiger partial charge < -0.3 is 20.3 Å². The topological polar surface area (TPSA) is 94.7 Å². The number of aliphatic carboxylic acids is 1. The zero-order valence-corrected chi connectivity index (χ0v) is 19.4. The van der Waals surface area contributed by atoms with Gasteiger partial charge in [-0.1, -0.05) is 18.2 Å². The number of unbranched alkanes of at least 4 members (excludes halogenated alkanes) is 1. The number of thioether (sulfide) groups is 1. The first kappa shape index (κ1) is 24.2. The molecule has 2 aromatic carbocycles. The van der Waals surface area contributed by atoms with Crippen molar-refractivity contribution in [1.82, 2.24) is 4.98 Å². The van der Waals surface area contributed by atoms with E-state index in [4.69, 9.17) is 20.3 Å². The summed E-state index contributed by atoms with van der Waals surface area (Å²) in [4.78, 5) is 16.7. The Morgan fingerprint density at radius 1 is 1.12 bits per heavy atom. The minimum Gasteiger partial charge on any atom is -0.497 e. The summed E-state index contributed by atoms with van der Waals surface area (Å²) in [6.45, 7) is 0.531. The van der Waals surface area contributed by atoms with Gasteiger partial charge in [-0.2, -0.15) is 0 Å². The molecular formula is C26H28N2O4S. The highest BCUT2D eigenvalue weighted by molar-refractivity contribution is 7.98. The lowest BCUT2D eigenvalue weighted by molar-refractivity contribution is -0.131. The Balaban J connectivity index is 1.55. The van der Waals surface area contributed by atoms with Gasteiger partial charge in [-0.05, 0) is 73.4 Å². The lowest BCUT2D eigenvalue weighted by Crippen LogP contribution is -2.02. The summed E-state index contributed by atoms with van der Waals surface area (Å²) in [6.07, 6.45) is 5.37. The van der Waals surface area contributed by atoms with Crippen LogP contribution in [0.25, 0.3) is 6.08 Å². The molecule has 0 bridgehead atoms. The van der Waals surface area contributed by atoms with E-state index in [0.29, 0.717) is 29.5 Å². The minimum atomic E-state index is -1.03. The second-order valence-corrected chi connectivity index (χ2v) is 8.42. The number of pyridine rings is 1. The quantitative estimate of drug-likeness (QED) is 0.159. The number of rotatable bonds is 12. The molecule has 0 fully saturated rings. The number of hydrogen-bond donors (Lipinski definition) is 2. The van der Waals surface area contributed by atoms with Crippen LogP contribution in [0.15, 0.2) is 71.6 Å². The van der Waals surface area contributed by atoms with Crippen molar-refractivity contribution < 1.29 is 19.4 Å². The van der Waals surface area contributed by atoms with Gasteiger partial charge in [0.15, 0.2) is 0 Å². The third-order valence-electron chi connectivity index (χ3n) is 4.85. The van der Waals surface area contributed by atoms with Gasteiger partial charge in [-0.25, -0.2) is 9.78 Å². The molecule has 0 aliphatic rings. The van der Waals surface area contributed by atoms with Crippen LogP contribution in [-0.2, 0) is 17.0 Å². The number of carboxylic acid groups (broad SMARTS) is 1. The first-order valence-electron chi connectivity index (χ1n) is 10.7. The summed E-state index contributed by atoms with van der Waals surface area (Å²) in [6, 6.07) is 19.5. The Morgan fingerprint density at radius 3 is 2.67 bits per heavy atom. The van der Waals surface area contributed by atoms with Crippen LogP contribution < -0.4 is 15.2 Å². The summed E-state index contributed by atoms with van der Waals surface area (Å²) in [5.74, 6) is 1.04. The van der Waals surface area contributed by atoms with Gasteiger partial charge in [0.1, 0.15) is 17.2 Å². The Kier molecular flexibility index (Phi) is 9.20. The van der Waals surface area contributed by atoms with Crippen molar-refractivity contribution in [3.05, 3.63) is 83.7 Å². The molecule has 0 atom stereocenters. The average Bonchev–Trinajstić information content (AvgIpc) is 2.82. The van der Waals surface area contributed by atoms with E-state index in [1.54, 1.807) is 18.9 Å². The lowest BCUT2D eigenvalue weighted by atomic mass is 10.1. The summed E-state index contributed by atoms with van der Waals surface area (Å²) in [5.41, 5.74) is 9.15. The number of aryl methyl sites for hydroxylation is 1. The van der Waals surface area contributed by atoms with E-state index >= 15 is 0 Å². The van der Waals surface area contributed by atoms with Crippen LogP contribution >= 0.6 is 11.8 Å². The van der Waals surface area contributed by atoms with Crippen molar-refractivity contribution in [2.24, 2.45) is 0 Å². The minimum absolute atomic E-state index is 0.512. The molecule has 1 aromatic heterocycles. The molecule has 33 heavy (non-hydrogen) atoms. The highest BCUT2D eigenvalue weighted by Crippen LogP contribution is 2.26. The number of nitrogen functional groups attached to an aromatic ring is 1. The molecule has 1 heterocycles. The number of carbonyl (C=O) groups is 1. The number of benzene rings is 2. The average molecular weight is 465 g/mol. The van der Waals surface area contributed by atoms with E-state index in [2.05, 4.69) is 17.1 Å². The van der Waals surface area contributed by atoms with E-state index in [1.807, 2.05) is 48.5 Å². The molecule has 0 aliphatic heterocycles. The van der Waals surface area contributed by atoms with Gasteiger partial charge in [0.2, 0.25) is 0 Å².